The molecule has 0 aromatic carbocycles. The van der Waals surface area contributed by atoms with E-state index >= 15 is 0 Å². The number of nitrogens with zero attached hydrogens (tertiary/aromatic N) is 1. The first-order valence-electron chi connectivity index (χ1n) is 10.6. The van der Waals surface area contributed by atoms with Crippen LogP contribution in [0.1, 0.15) is 110 Å². The summed E-state index contributed by atoms with van der Waals surface area (Å²) in [7, 11) is 0. The van der Waals surface area contributed by atoms with Crippen molar-refractivity contribution in [2.75, 3.05) is 19.6 Å². The zero-order valence-electron chi connectivity index (χ0n) is 15.4. The van der Waals surface area contributed by atoms with Crippen molar-refractivity contribution >= 4 is 0 Å². The molecule has 1 nitrogen and oxygen atoms in total. The quantitative estimate of drug-likeness (QED) is 0.390. The minimum atomic E-state index is 0.761. The summed E-state index contributed by atoms with van der Waals surface area (Å²) in [5.74, 6) is 0. The van der Waals surface area contributed by atoms with Gasteiger partial charge in [-0.25, -0.2) is 0 Å². The third kappa shape index (κ3) is 6.60. The van der Waals surface area contributed by atoms with Crippen molar-refractivity contribution < 1.29 is 0 Å². The van der Waals surface area contributed by atoms with Gasteiger partial charge >= 0.3 is 0 Å². The molecule has 0 amide bonds. The Balaban J connectivity index is 1.40. The van der Waals surface area contributed by atoms with Gasteiger partial charge in [0.15, 0.2) is 0 Å². The highest BCUT2D eigenvalue weighted by molar-refractivity contribution is 4.91. The van der Waals surface area contributed by atoms with Gasteiger partial charge in [-0.15, -0.1) is 0 Å². The zero-order valence-corrected chi connectivity index (χ0v) is 15.4. The predicted molar refractivity (Wildman–Crippen MR) is 98.4 cm³/mol. The van der Waals surface area contributed by atoms with Crippen molar-refractivity contribution in [2.24, 2.45) is 5.41 Å². The molecule has 0 bridgehead atoms. The van der Waals surface area contributed by atoms with E-state index in [2.05, 4.69) is 11.8 Å². The predicted octanol–water partition coefficient (Wildman–Crippen LogP) is 6.56. The average molecular weight is 308 g/mol. The third-order valence-electron chi connectivity index (χ3n) is 6.26. The Morgan fingerprint density at radius 1 is 0.682 bits per heavy atom. The van der Waals surface area contributed by atoms with Crippen molar-refractivity contribution in [1.82, 2.24) is 4.90 Å². The van der Waals surface area contributed by atoms with Crippen LogP contribution in [-0.2, 0) is 0 Å². The first kappa shape index (κ1) is 18.3. The van der Waals surface area contributed by atoms with Gasteiger partial charge in [-0.2, -0.15) is 0 Å². The molecule has 2 rings (SSSR count). The normalized spacial score (nSPS) is 21.7. The topological polar surface area (TPSA) is 3.24 Å². The van der Waals surface area contributed by atoms with Gasteiger partial charge in [-0.05, 0) is 44.2 Å². The summed E-state index contributed by atoms with van der Waals surface area (Å²) in [6, 6.07) is 0. The van der Waals surface area contributed by atoms with E-state index in [4.69, 9.17) is 0 Å². The maximum atomic E-state index is 2.79. The second-order valence-corrected chi connectivity index (χ2v) is 8.27. The molecular weight excluding hydrogens is 266 g/mol. The molecule has 0 aromatic heterocycles. The van der Waals surface area contributed by atoms with E-state index < -0.39 is 0 Å². The second-order valence-electron chi connectivity index (χ2n) is 8.27. The van der Waals surface area contributed by atoms with Crippen molar-refractivity contribution in [3.05, 3.63) is 0 Å². The number of unbranched alkanes of at least 4 members (excludes halogenated alkanes) is 9. The van der Waals surface area contributed by atoms with Crippen LogP contribution in [0, 0.1) is 5.41 Å². The van der Waals surface area contributed by atoms with E-state index in [1.165, 1.54) is 122 Å². The van der Waals surface area contributed by atoms with Crippen LogP contribution in [0.3, 0.4) is 0 Å². The van der Waals surface area contributed by atoms with E-state index in [0.717, 1.165) is 5.41 Å². The minimum absolute atomic E-state index is 0.761. The van der Waals surface area contributed by atoms with Crippen molar-refractivity contribution in [2.45, 2.75) is 110 Å². The molecule has 22 heavy (non-hydrogen) atoms. The summed E-state index contributed by atoms with van der Waals surface area (Å²) < 4.78 is 0. The molecule has 130 valence electrons. The third-order valence-corrected chi connectivity index (χ3v) is 6.26. The molecule has 1 aliphatic carbocycles. The van der Waals surface area contributed by atoms with E-state index in [0.29, 0.717) is 0 Å². The summed E-state index contributed by atoms with van der Waals surface area (Å²) in [6.07, 6.45) is 23.7. The second kappa shape index (κ2) is 10.7. The lowest BCUT2D eigenvalue weighted by Crippen LogP contribution is -2.29. The lowest BCUT2D eigenvalue weighted by atomic mass is 9.73. The van der Waals surface area contributed by atoms with Crippen molar-refractivity contribution in [3.8, 4) is 0 Å². The SMILES string of the molecule is CCCCCCCCCCCCN1CCC2(CCCCC2)C1. The van der Waals surface area contributed by atoms with Gasteiger partial charge < -0.3 is 4.90 Å². The largest absolute Gasteiger partial charge is 0.303 e. The van der Waals surface area contributed by atoms with Crippen molar-refractivity contribution in [3.63, 3.8) is 0 Å². The molecule has 2 fully saturated rings. The van der Waals surface area contributed by atoms with E-state index in [1.54, 1.807) is 0 Å². The molecule has 1 heterocycles. The van der Waals surface area contributed by atoms with Crippen molar-refractivity contribution in [1.29, 1.82) is 0 Å². The van der Waals surface area contributed by atoms with Gasteiger partial charge in [0.25, 0.3) is 0 Å². The van der Waals surface area contributed by atoms with Crippen LogP contribution in [0.15, 0.2) is 0 Å². The molecule has 1 aliphatic heterocycles. The fraction of sp³-hybridized carbons (Fsp3) is 1.00. The molecule has 1 heteroatoms. The molecule has 0 unspecified atom stereocenters. The van der Waals surface area contributed by atoms with Gasteiger partial charge in [-0.3, -0.25) is 0 Å². The number of hydrogen-bond donors (Lipinski definition) is 0. The van der Waals surface area contributed by atoms with Gasteiger partial charge in [0.1, 0.15) is 0 Å². The Morgan fingerprint density at radius 2 is 1.27 bits per heavy atom. The first-order chi connectivity index (χ1) is 10.8. The van der Waals surface area contributed by atoms with Gasteiger partial charge in [0, 0.05) is 6.54 Å². The van der Waals surface area contributed by atoms with E-state index in [9.17, 15) is 0 Å². The van der Waals surface area contributed by atoms with Crippen LogP contribution in [-0.4, -0.2) is 24.5 Å². The van der Waals surface area contributed by atoms with E-state index in [1.807, 2.05) is 0 Å². The fourth-order valence-electron chi connectivity index (χ4n) is 4.75. The maximum Gasteiger partial charge on any atom is 0.00384 e. The Morgan fingerprint density at radius 3 is 1.91 bits per heavy atom. The average Bonchev–Trinajstić information content (AvgIpc) is 2.92. The highest BCUT2D eigenvalue weighted by Gasteiger charge is 2.38. The summed E-state index contributed by atoms with van der Waals surface area (Å²) >= 11 is 0. The van der Waals surface area contributed by atoms with Crippen LogP contribution >= 0.6 is 0 Å². The van der Waals surface area contributed by atoms with E-state index in [-0.39, 0.29) is 0 Å². The molecular formula is C21H41N. The molecule has 1 saturated carbocycles. The zero-order chi connectivity index (χ0) is 15.5. The summed E-state index contributed by atoms with van der Waals surface area (Å²) in [6.45, 7) is 6.52. The number of likely N-dealkylation sites (tertiary alicyclic amines) is 1. The van der Waals surface area contributed by atoms with Gasteiger partial charge in [0.2, 0.25) is 0 Å². The van der Waals surface area contributed by atoms with Crippen LogP contribution in [0.4, 0.5) is 0 Å². The summed E-state index contributed by atoms with van der Waals surface area (Å²) in [5.41, 5.74) is 0.761. The minimum Gasteiger partial charge on any atom is -0.303 e. The Kier molecular flexibility index (Phi) is 8.89. The number of rotatable bonds is 11. The monoisotopic (exact) mass is 307 g/mol. The molecule has 0 aromatic rings. The molecule has 0 atom stereocenters. The molecule has 0 radical (unpaired) electrons. The molecule has 0 N–H and O–H groups in total. The Hall–Kier alpha value is -0.0400. The fourth-order valence-corrected chi connectivity index (χ4v) is 4.75. The van der Waals surface area contributed by atoms with Gasteiger partial charge in [-0.1, -0.05) is 84.0 Å². The molecule has 2 aliphatic rings. The lowest BCUT2D eigenvalue weighted by Gasteiger charge is -2.33. The lowest BCUT2D eigenvalue weighted by molar-refractivity contribution is 0.185. The van der Waals surface area contributed by atoms with Crippen LogP contribution in [0.25, 0.3) is 0 Å². The summed E-state index contributed by atoms with van der Waals surface area (Å²) in [5, 5.41) is 0. The molecule has 1 spiro atoms. The first-order valence-corrected chi connectivity index (χ1v) is 10.6. The maximum absolute atomic E-state index is 2.79. The van der Waals surface area contributed by atoms with Gasteiger partial charge in [0.05, 0.1) is 0 Å². The highest BCUT2D eigenvalue weighted by atomic mass is 15.2. The van der Waals surface area contributed by atoms with Crippen LogP contribution in [0.5, 0.6) is 0 Å². The number of hydrogen-bond acceptors (Lipinski definition) is 1. The summed E-state index contributed by atoms with van der Waals surface area (Å²) in [4.78, 5) is 2.79. The van der Waals surface area contributed by atoms with Crippen LogP contribution in [0.2, 0.25) is 0 Å². The highest BCUT2D eigenvalue weighted by Crippen LogP contribution is 2.43. The van der Waals surface area contributed by atoms with Crippen LogP contribution < -0.4 is 0 Å². The Bertz CT molecular complexity index is 267. The smallest absolute Gasteiger partial charge is 0.00384 e. The Labute approximate surface area is 140 Å². The standard InChI is InChI=1S/C21H41N/c1-2-3-4-5-6-7-8-9-10-14-18-22-19-17-21(20-22)15-12-11-13-16-21/h2-20H2,1H3. The molecule has 1 saturated heterocycles.